The highest BCUT2D eigenvalue weighted by Crippen LogP contribution is 2.35. The van der Waals surface area contributed by atoms with Crippen molar-refractivity contribution in [1.29, 1.82) is 0 Å². The van der Waals surface area contributed by atoms with E-state index in [1.165, 1.54) is 24.2 Å². The second-order valence-corrected chi connectivity index (χ2v) is 7.63. The van der Waals surface area contributed by atoms with Crippen molar-refractivity contribution in [2.75, 3.05) is 27.2 Å². The van der Waals surface area contributed by atoms with E-state index in [9.17, 15) is 0 Å². The van der Waals surface area contributed by atoms with Crippen LogP contribution < -0.4 is 0 Å². The molecule has 4 rings (SSSR count). The van der Waals surface area contributed by atoms with Gasteiger partial charge in [-0.2, -0.15) is 0 Å². The first kappa shape index (κ1) is 17.2. The minimum absolute atomic E-state index is 0.433. The normalized spacial score (nSPS) is 21.7. The Morgan fingerprint density at radius 1 is 1.27 bits per heavy atom. The van der Waals surface area contributed by atoms with Crippen LogP contribution in [-0.4, -0.2) is 55.9 Å². The summed E-state index contributed by atoms with van der Waals surface area (Å²) in [5, 5.41) is 0. The van der Waals surface area contributed by atoms with Gasteiger partial charge in [-0.3, -0.25) is 4.90 Å². The molecule has 138 valence electrons. The lowest BCUT2D eigenvalue weighted by Crippen LogP contribution is -2.41. The summed E-state index contributed by atoms with van der Waals surface area (Å²) in [5.41, 5.74) is 3.62. The van der Waals surface area contributed by atoms with Gasteiger partial charge in [0.1, 0.15) is 5.65 Å². The largest absolute Gasteiger partial charge is 0.336 e. The van der Waals surface area contributed by atoms with Crippen molar-refractivity contribution >= 4 is 5.65 Å². The van der Waals surface area contributed by atoms with Gasteiger partial charge in [0.15, 0.2) is 0 Å². The summed E-state index contributed by atoms with van der Waals surface area (Å²) in [6.45, 7) is 3.15. The minimum atomic E-state index is 0.433. The van der Waals surface area contributed by atoms with Crippen LogP contribution in [0.2, 0.25) is 0 Å². The van der Waals surface area contributed by atoms with E-state index < -0.39 is 0 Å². The predicted molar refractivity (Wildman–Crippen MR) is 103 cm³/mol. The third-order valence-electron chi connectivity index (χ3n) is 5.65. The molecule has 0 aromatic carbocycles. The van der Waals surface area contributed by atoms with Gasteiger partial charge in [-0.1, -0.05) is 6.07 Å². The molecule has 0 amide bonds. The Hall–Kier alpha value is -2.18. The number of likely N-dealkylation sites (tertiary alicyclic amines) is 1. The molecule has 0 saturated carbocycles. The average Bonchev–Trinajstić information content (AvgIpc) is 3.25. The van der Waals surface area contributed by atoms with Crippen molar-refractivity contribution < 1.29 is 0 Å². The molecular formula is C20H28N6. The summed E-state index contributed by atoms with van der Waals surface area (Å²) in [7, 11) is 6.58. The summed E-state index contributed by atoms with van der Waals surface area (Å²) in [6, 6.07) is 6.77. The van der Waals surface area contributed by atoms with Crippen LogP contribution in [-0.2, 0) is 13.6 Å². The lowest BCUT2D eigenvalue weighted by atomic mass is 9.87. The number of piperidine rings is 1. The molecule has 6 nitrogen and oxygen atoms in total. The quantitative estimate of drug-likeness (QED) is 0.708. The first-order chi connectivity index (χ1) is 12.6. The van der Waals surface area contributed by atoms with E-state index in [4.69, 9.17) is 0 Å². The molecule has 3 aromatic rings. The molecule has 0 unspecified atom stereocenters. The third kappa shape index (κ3) is 3.27. The lowest BCUT2D eigenvalue weighted by Gasteiger charge is -2.40. The Morgan fingerprint density at radius 2 is 2.15 bits per heavy atom. The standard InChI is InChI=1S/C20H28N6/c1-23(14-17-7-4-8-19-22-9-11-26(17)19)13-16-6-5-10-24(2)20(16)18-12-21-15-25(18)3/h4,7-9,11-12,15-16,20H,5-6,10,13-14H2,1-3H3/t16-,20+/m0/s1. The molecule has 1 aliphatic rings. The van der Waals surface area contributed by atoms with Gasteiger partial charge < -0.3 is 13.9 Å². The molecule has 0 bridgehead atoms. The second kappa shape index (κ2) is 7.21. The van der Waals surface area contributed by atoms with Crippen molar-refractivity contribution in [3.8, 4) is 0 Å². The average molecular weight is 352 g/mol. The fourth-order valence-electron chi connectivity index (χ4n) is 4.45. The minimum Gasteiger partial charge on any atom is -0.336 e. The van der Waals surface area contributed by atoms with E-state index in [1.54, 1.807) is 0 Å². The number of hydrogen-bond acceptors (Lipinski definition) is 4. The number of aromatic nitrogens is 4. The van der Waals surface area contributed by atoms with Gasteiger partial charge in [-0.25, -0.2) is 9.97 Å². The number of aryl methyl sites for hydroxylation is 1. The first-order valence-corrected chi connectivity index (χ1v) is 9.39. The Kier molecular flexibility index (Phi) is 4.78. The zero-order chi connectivity index (χ0) is 18.1. The number of imidazole rings is 2. The highest BCUT2D eigenvalue weighted by Gasteiger charge is 2.32. The number of pyridine rings is 1. The van der Waals surface area contributed by atoms with E-state index in [1.807, 2.05) is 24.9 Å². The number of rotatable bonds is 5. The molecule has 6 heteroatoms. The number of nitrogens with zero attached hydrogens (tertiary/aromatic N) is 6. The maximum Gasteiger partial charge on any atom is 0.136 e. The Morgan fingerprint density at radius 3 is 2.96 bits per heavy atom. The second-order valence-electron chi connectivity index (χ2n) is 7.63. The fraction of sp³-hybridized carbons (Fsp3) is 0.500. The van der Waals surface area contributed by atoms with Crippen molar-refractivity contribution in [2.24, 2.45) is 13.0 Å². The summed E-state index contributed by atoms with van der Waals surface area (Å²) in [5.74, 6) is 0.608. The van der Waals surface area contributed by atoms with E-state index in [2.05, 4.69) is 68.1 Å². The molecule has 0 N–H and O–H groups in total. The molecule has 4 heterocycles. The molecule has 2 atom stereocenters. The van der Waals surface area contributed by atoms with Crippen LogP contribution in [0.1, 0.15) is 30.3 Å². The Labute approximate surface area is 155 Å². The third-order valence-corrected chi connectivity index (χ3v) is 5.65. The van der Waals surface area contributed by atoms with E-state index >= 15 is 0 Å². The van der Waals surface area contributed by atoms with Gasteiger partial charge in [0, 0.05) is 44.4 Å². The molecule has 0 aliphatic carbocycles. The zero-order valence-corrected chi connectivity index (χ0v) is 15.9. The Bertz CT molecular complexity index is 866. The van der Waals surface area contributed by atoms with Crippen LogP contribution in [0.15, 0.2) is 43.1 Å². The molecule has 1 saturated heterocycles. The fourth-order valence-corrected chi connectivity index (χ4v) is 4.45. The van der Waals surface area contributed by atoms with E-state index in [0.29, 0.717) is 12.0 Å². The topological polar surface area (TPSA) is 41.6 Å². The van der Waals surface area contributed by atoms with Gasteiger partial charge in [-0.15, -0.1) is 0 Å². The molecular weight excluding hydrogens is 324 g/mol. The lowest BCUT2D eigenvalue weighted by molar-refractivity contribution is 0.0876. The molecule has 3 aromatic heterocycles. The maximum atomic E-state index is 4.40. The summed E-state index contributed by atoms with van der Waals surface area (Å²) >= 11 is 0. The van der Waals surface area contributed by atoms with Gasteiger partial charge in [0.05, 0.1) is 18.1 Å². The van der Waals surface area contributed by atoms with Gasteiger partial charge in [0.2, 0.25) is 0 Å². The number of hydrogen-bond donors (Lipinski definition) is 0. The van der Waals surface area contributed by atoms with Crippen LogP contribution in [0, 0.1) is 5.92 Å². The van der Waals surface area contributed by atoms with Crippen LogP contribution >= 0.6 is 0 Å². The van der Waals surface area contributed by atoms with Crippen LogP contribution in [0.3, 0.4) is 0 Å². The molecule has 1 aliphatic heterocycles. The Balaban J connectivity index is 1.51. The monoisotopic (exact) mass is 352 g/mol. The van der Waals surface area contributed by atoms with Crippen LogP contribution in [0.4, 0.5) is 0 Å². The van der Waals surface area contributed by atoms with Gasteiger partial charge >= 0.3 is 0 Å². The van der Waals surface area contributed by atoms with E-state index in [0.717, 1.165) is 25.3 Å². The maximum absolute atomic E-state index is 4.40. The first-order valence-electron chi connectivity index (χ1n) is 9.39. The van der Waals surface area contributed by atoms with Crippen LogP contribution in [0.5, 0.6) is 0 Å². The number of fused-ring (bicyclic) bond motifs is 1. The molecule has 26 heavy (non-hydrogen) atoms. The van der Waals surface area contributed by atoms with Crippen molar-refractivity contribution in [3.63, 3.8) is 0 Å². The molecule has 1 fully saturated rings. The smallest absolute Gasteiger partial charge is 0.136 e. The van der Waals surface area contributed by atoms with Crippen molar-refractivity contribution in [2.45, 2.75) is 25.4 Å². The van der Waals surface area contributed by atoms with Crippen molar-refractivity contribution in [1.82, 2.24) is 28.7 Å². The summed E-state index contributed by atoms with van der Waals surface area (Å²) < 4.78 is 4.35. The zero-order valence-electron chi connectivity index (χ0n) is 15.9. The highest BCUT2D eigenvalue weighted by molar-refractivity contribution is 5.39. The molecule has 0 spiro atoms. The van der Waals surface area contributed by atoms with Gasteiger partial charge in [0.25, 0.3) is 0 Å². The SMILES string of the molecule is CN(Cc1cccc2nccn12)C[C@@H]1CCCN(C)[C@H]1c1cncn1C. The van der Waals surface area contributed by atoms with Gasteiger partial charge in [-0.05, 0) is 51.5 Å². The van der Waals surface area contributed by atoms with Crippen LogP contribution in [0.25, 0.3) is 5.65 Å². The summed E-state index contributed by atoms with van der Waals surface area (Å²) in [6.07, 6.45) is 10.4. The van der Waals surface area contributed by atoms with Crippen molar-refractivity contribution in [3.05, 3.63) is 54.5 Å². The predicted octanol–water partition coefficient (Wildman–Crippen LogP) is 2.58. The highest BCUT2D eigenvalue weighted by atomic mass is 15.2. The van der Waals surface area contributed by atoms with E-state index in [-0.39, 0.29) is 0 Å². The summed E-state index contributed by atoms with van der Waals surface area (Å²) in [4.78, 5) is 13.7. The molecule has 0 radical (unpaired) electrons.